The molecule has 0 saturated carbocycles. The van der Waals surface area contributed by atoms with Crippen LogP contribution >= 0.6 is 0 Å². The number of anilines is 1. The number of hydrogen-bond donors (Lipinski definition) is 2. The molecule has 2 N–H and O–H groups in total. The standard InChI is InChI=1S/C25H23F2N5O/c1-3-17-20(26)5-4-13-6-16(33)8-18(21(13)17)23-22(27)24-19(10-29-23)25(31-12(2)30-24)32-11-14-7-15(32)9-28-14/h4-6,8,10,14-15,28,33H,3,7,9,11H2,1-2H3/t14-,15-/m1/s1. The third-order valence-corrected chi connectivity index (χ3v) is 6.87. The van der Waals surface area contributed by atoms with Crippen LogP contribution in [0.15, 0.2) is 30.5 Å². The Balaban J connectivity index is 1.60. The van der Waals surface area contributed by atoms with E-state index in [4.69, 9.17) is 0 Å². The molecule has 0 spiro atoms. The highest BCUT2D eigenvalue weighted by Gasteiger charge is 2.39. The van der Waals surface area contributed by atoms with Crippen molar-refractivity contribution in [1.29, 1.82) is 0 Å². The van der Waals surface area contributed by atoms with Crippen molar-refractivity contribution in [3.63, 3.8) is 0 Å². The predicted octanol–water partition coefficient (Wildman–Crippen LogP) is 4.25. The van der Waals surface area contributed by atoms with Crippen molar-refractivity contribution in [2.24, 2.45) is 0 Å². The van der Waals surface area contributed by atoms with Crippen LogP contribution < -0.4 is 10.2 Å². The summed E-state index contributed by atoms with van der Waals surface area (Å²) in [7, 11) is 0. The van der Waals surface area contributed by atoms with E-state index in [0.29, 0.717) is 57.4 Å². The molecule has 8 heteroatoms. The van der Waals surface area contributed by atoms with Crippen molar-refractivity contribution in [3.05, 3.63) is 53.5 Å². The Labute approximate surface area is 189 Å². The van der Waals surface area contributed by atoms with E-state index in [1.165, 1.54) is 12.1 Å². The van der Waals surface area contributed by atoms with Crippen LogP contribution in [0.2, 0.25) is 0 Å². The van der Waals surface area contributed by atoms with Crippen molar-refractivity contribution in [2.45, 2.75) is 38.8 Å². The first-order valence-corrected chi connectivity index (χ1v) is 11.2. The molecule has 2 aromatic heterocycles. The molecule has 168 valence electrons. The lowest BCUT2D eigenvalue weighted by atomic mass is 9.94. The number of halogens is 2. The average Bonchev–Trinajstić information content (AvgIpc) is 3.43. The van der Waals surface area contributed by atoms with Gasteiger partial charge in [0.1, 0.15) is 34.4 Å². The Hall–Kier alpha value is -3.39. The largest absolute Gasteiger partial charge is 0.508 e. The fourth-order valence-electron chi connectivity index (χ4n) is 5.41. The summed E-state index contributed by atoms with van der Waals surface area (Å²) in [5.74, 6) is 0.180. The van der Waals surface area contributed by atoms with Gasteiger partial charge in [0.25, 0.3) is 0 Å². The third kappa shape index (κ3) is 3.04. The summed E-state index contributed by atoms with van der Waals surface area (Å²) in [5, 5.41) is 15.5. The van der Waals surface area contributed by atoms with Gasteiger partial charge in [0.15, 0.2) is 5.82 Å². The van der Waals surface area contributed by atoms with Crippen LogP contribution in [0, 0.1) is 18.6 Å². The molecule has 6 nitrogen and oxygen atoms in total. The number of pyridine rings is 1. The van der Waals surface area contributed by atoms with E-state index in [0.717, 1.165) is 19.5 Å². The zero-order chi connectivity index (χ0) is 22.9. The Morgan fingerprint density at radius 1 is 1.21 bits per heavy atom. The second-order valence-electron chi connectivity index (χ2n) is 8.90. The number of nitrogens with zero attached hydrogens (tertiary/aromatic N) is 4. The van der Waals surface area contributed by atoms with Gasteiger partial charge in [-0.25, -0.2) is 18.7 Å². The topological polar surface area (TPSA) is 74.2 Å². The highest BCUT2D eigenvalue weighted by Crippen LogP contribution is 2.39. The lowest BCUT2D eigenvalue weighted by molar-refractivity contribution is 0.476. The first-order valence-electron chi connectivity index (χ1n) is 11.2. The Morgan fingerprint density at radius 2 is 2.06 bits per heavy atom. The van der Waals surface area contributed by atoms with Crippen LogP contribution in [0.3, 0.4) is 0 Å². The maximum atomic E-state index is 16.0. The summed E-state index contributed by atoms with van der Waals surface area (Å²) in [6.45, 7) is 5.29. The summed E-state index contributed by atoms with van der Waals surface area (Å²) in [6.07, 6.45) is 3.06. The number of phenolic OH excluding ortho intramolecular Hbond substituents is 1. The number of aryl methyl sites for hydroxylation is 2. The molecule has 2 bridgehead atoms. The highest BCUT2D eigenvalue weighted by molar-refractivity contribution is 6.01. The molecule has 6 rings (SSSR count). The van der Waals surface area contributed by atoms with Crippen LogP contribution in [0.4, 0.5) is 14.6 Å². The molecule has 33 heavy (non-hydrogen) atoms. The first-order chi connectivity index (χ1) is 15.9. The number of hydrogen-bond acceptors (Lipinski definition) is 6. The zero-order valence-corrected chi connectivity index (χ0v) is 18.4. The maximum absolute atomic E-state index is 16.0. The number of fused-ring (bicyclic) bond motifs is 4. The van der Waals surface area contributed by atoms with E-state index in [9.17, 15) is 9.50 Å². The molecule has 2 aliphatic heterocycles. The summed E-state index contributed by atoms with van der Waals surface area (Å²) in [4.78, 5) is 15.7. The number of rotatable bonds is 3. The van der Waals surface area contributed by atoms with E-state index in [1.807, 2.05) is 6.92 Å². The Morgan fingerprint density at radius 3 is 2.79 bits per heavy atom. The van der Waals surface area contributed by atoms with E-state index in [-0.39, 0.29) is 22.8 Å². The lowest BCUT2D eigenvalue weighted by Gasteiger charge is -2.29. The summed E-state index contributed by atoms with van der Waals surface area (Å²) in [5.41, 5.74) is 1.04. The van der Waals surface area contributed by atoms with Crippen molar-refractivity contribution in [3.8, 4) is 17.0 Å². The second kappa shape index (κ2) is 7.31. The maximum Gasteiger partial charge on any atom is 0.175 e. The molecule has 2 atom stereocenters. The monoisotopic (exact) mass is 447 g/mol. The van der Waals surface area contributed by atoms with E-state index >= 15 is 4.39 Å². The van der Waals surface area contributed by atoms with Crippen LogP contribution in [0.25, 0.3) is 32.9 Å². The number of phenols is 1. The average molecular weight is 447 g/mol. The number of aromatic hydroxyl groups is 1. The van der Waals surface area contributed by atoms with E-state index in [2.05, 4.69) is 25.2 Å². The molecule has 4 heterocycles. The van der Waals surface area contributed by atoms with Gasteiger partial charge in [-0.1, -0.05) is 13.0 Å². The smallest absolute Gasteiger partial charge is 0.175 e. The van der Waals surface area contributed by atoms with Crippen LogP contribution in [0.1, 0.15) is 24.7 Å². The third-order valence-electron chi connectivity index (χ3n) is 6.87. The van der Waals surface area contributed by atoms with Crippen molar-refractivity contribution in [2.75, 3.05) is 18.0 Å². The van der Waals surface area contributed by atoms with Crippen LogP contribution in [-0.2, 0) is 6.42 Å². The van der Waals surface area contributed by atoms with Crippen molar-refractivity contribution >= 4 is 27.5 Å². The summed E-state index contributed by atoms with van der Waals surface area (Å²) in [6, 6.07) is 6.69. The molecule has 2 saturated heterocycles. The zero-order valence-electron chi connectivity index (χ0n) is 18.4. The minimum atomic E-state index is -0.597. The minimum absolute atomic E-state index is 0.0346. The number of nitrogens with one attached hydrogen (secondary N) is 1. The molecule has 0 radical (unpaired) electrons. The second-order valence-corrected chi connectivity index (χ2v) is 8.90. The molecule has 0 aliphatic carbocycles. The van der Waals surface area contributed by atoms with Gasteiger partial charge in [0, 0.05) is 36.9 Å². The van der Waals surface area contributed by atoms with Crippen molar-refractivity contribution in [1.82, 2.24) is 20.3 Å². The van der Waals surface area contributed by atoms with Gasteiger partial charge in [-0.2, -0.15) is 0 Å². The SMILES string of the molecule is CCc1c(F)ccc2cc(O)cc(-c3ncc4c(N5C[C@H]6C[C@@H]5CN6)nc(C)nc4c3F)c12. The molecule has 0 amide bonds. The van der Waals surface area contributed by atoms with Gasteiger partial charge in [0.2, 0.25) is 0 Å². The summed E-state index contributed by atoms with van der Waals surface area (Å²) < 4.78 is 30.6. The van der Waals surface area contributed by atoms with Gasteiger partial charge in [-0.3, -0.25) is 4.98 Å². The molecule has 2 aliphatic rings. The Kier molecular flexibility index (Phi) is 4.48. The molecular formula is C25H23F2N5O. The number of benzene rings is 2. The first kappa shape index (κ1) is 20.2. The minimum Gasteiger partial charge on any atom is -0.508 e. The summed E-state index contributed by atoms with van der Waals surface area (Å²) >= 11 is 0. The number of aromatic nitrogens is 3. The van der Waals surface area contributed by atoms with Gasteiger partial charge >= 0.3 is 0 Å². The van der Waals surface area contributed by atoms with Gasteiger partial charge in [-0.15, -0.1) is 0 Å². The highest BCUT2D eigenvalue weighted by atomic mass is 19.1. The van der Waals surface area contributed by atoms with E-state index < -0.39 is 5.82 Å². The van der Waals surface area contributed by atoms with Gasteiger partial charge < -0.3 is 15.3 Å². The molecule has 2 fully saturated rings. The Bertz CT molecular complexity index is 1440. The van der Waals surface area contributed by atoms with Gasteiger partial charge in [-0.05, 0) is 54.3 Å². The number of piperazine rings is 1. The van der Waals surface area contributed by atoms with Gasteiger partial charge in [0.05, 0.1) is 5.39 Å². The molecule has 2 aromatic carbocycles. The lowest BCUT2D eigenvalue weighted by Crippen LogP contribution is -2.44. The van der Waals surface area contributed by atoms with Crippen molar-refractivity contribution < 1.29 is 13.9 Å². The predicted molar refractivity (Wildman–Crippen MR) is 124 cm³/mol. The molecule has 0 unspecified atom stereocenters. The fraction of sp³-hybridized carbons (Fsp3) is 0.320. The van der Waals surface area contributed by atoms with E-state index in [1.54, 1.807) is 25.3 Å². The normalized spacial score (nSPS) is 19.8. The fourth-order valence-corrected chi connectivity index (χ4v) is 5.41. The molecular weight excluding hydrogens is 424 g/mol. The van der Waals surface area contributed by atoms with Crippen LogP contribution in [0.5, 0.6) is 5.75 Å². The van der Waals surface area contributed by atoms with Crippen LogP contribution in [-0.4, -0.2) is 45.2 Å². The molecule has 4 aromatic rings. The quantitative estimate of drug-likeness (QED) is 0.489.